The molecule has 0 aromatic carbocycles. The van der Waals surface area contributed by atoms with Crippen LogP contribution in [-0.2, 0) is 9.59 Å². The summed E-state index contributed by atoms with van der Waals surface area (Å²) in [5.41, 5.74) is 0. The largest absolute Gasteiger partial charge is 0.481 e. The van der Waals surface area contributed by atoms with Crippen molar-refractivity contribution < 1.29 is 19.8 Å². The minimum Gasteiger partial charge on any atom is -0.481 e. The SMILES string of the molecule is O=C(O)C#CC#CCCCCC(=O)O. The van der Waals surface area contributed by atoms with Crippen LogP contribution in [0.2, 0.25) is 0 Å². The first-order valence-electron chi connectivity index (χ1n) is 4.06. The maximum Gasteiger partial charge on any atom is 0.382 e. The van der Waals surface area contributed by atoms with Gasteiger partial charge in [-0.3, -0.25) is 4.79 Å². The van der Waals surface area contributed by atoms with Gasteiger partial charge in [0.1, 0.15) is 0 Å². The minimum absolute atomic E-state index is 0.141. The number of carboxylic acid groups (broad SMARTS) is 2. The van der Waals surface area contributed by atoms with Gasteiger partial charge in [0.25, 0.3) is 0 Å². The van der Waals surface area contributed by atoms with Crippen molar-refractivity contribution in [1.29, 1.82) is 0 Å². The standard InChI is InChI=1S/C10H10O4/c11-9(12)7-5-3-1-2-4-6-8-10(13)14/h1,3,5,7H2,(H,11,12)(H,13,14). The second kappa shape index (κ2) is 7.70. The van der Waals surface area contributed by atoms with E-state index < -0.39 is 11.9 Å². The van der Waals surface area contributed by atoms with Crippen LogP contribution in [0.25, 0.3) is 0 Å². The lowest BCUT2D eigenvalue weighted by atomic mass is 10.2. The molecule has 74 valence electrons. The summed E-state index contributed by atoms with van der Waals surface area (Å²) in [4.78, 5) is 20.0. The summed E-state index contributed by atoms with van der Waals surface area (Å²) in [6.45, 7) is 0. The van der Waals surface area contributed by atoms with Crippen molar-refractivity contribution in [3.8, 4) is 23.7 Å². The molecule has 0 rings (SSSR count). The summed E-state index contributed by atoms with van der Waals surface area (Å²) >= 11 is 0. The van der Waals surface area contributed by atoms with Gasteiger partial charge >= 0.3 is 11.9 Å². The number of rotatable bonds is 4. The molecule has 0 amide bonds. The fourth-order valence-electron chi connectivity index (χ4n) is 0.681. The van der Waals surface area contributed by atoms with Crippen LogP contribution in [0.3, 0.4) is 0 Å². The van der Waals surface area contributed by atoms with Crippen LogP contribution in [0.15, 0.2) is 0 Å². The molecule has 0 heterocycles. The van der Waals surface area contributed by atoms with Gasteiger partial charge in [-0.25, -0.2) is 4.79 Å². The van der Waals surface area contributed by atoms with E-state index in [1.807, 2.05) is 5.92 Å². The van der Waals surface area contributed by atoms with Gasteiger partial charge in [0.2, 0.25) is 0 Å². The third kappa shape index (κ3) is 10.1. The van der Waals surface area contributed by atoms with E-state index in [-0.39, 0.29) is 6.42 Å². The molecule has 4 heteroatoms. The van der Waals surface area contributed by atoms with Crippen molar-refractivity contribution in [2.45, 2.75) is 25.7 Å². The lowest BCUT2D eigenvalue weighted by Crippen LogP contribution is -1.92. The van der Waals surface area contributed by atoms with E-state index in [0.717, 1.165) is 0 Å². The van der Waals surface area contributed by atoms with Crippen molar-refractivity contribution >= 4 is 11.9 Å². The van der Waals surface area contributed by atoms with Crippen LogP contribution in [0.1, 0.15) is 25.7 Å². The monoisotopic (exact) mass is 194 g/mol. The Balaban J connectivity index is 3.50. The molecule has 0 saturated carbocycles. The number of carbonyl (C=O) groups is 2. The molecule has 2 N–H and O–H groups in total. The molecule has 4 nitrogen and oxygen atoms in total. The first kappa shape index (κ1) is 12.1. The summed E-state index contributed by atoms with van der Waals surface area (Å²) in [6, 6.07) is 0. The highest BCUT2D eigenvalue weighted by molar-refractivity contribution is 5.87. The number of aliphatic carboxylic acids is 2. The molecule has 0 saturated heterocycles. The third-order valence-corrected chi connectivity index (χ3v) is 1.26. The Kier molecular flexibility index (Phi) is 6.63. The zero-order chi connectivity index (χ0) is 10.8. The second-order valence-electron chi connectivity index (χ2n) is 2.46. The molecule has 0 aromatic heterocycles. The van der Waals surface area contributed by atoms with Crippen molar-refractivity contribution in [2.75, 3.05) is 0 Å². The van der Waals surface area contributed by atoms with Crippen LogP contribution in [0.4, 0.5) is 0 Å². The van der Waals surface area contributed by atoms with Gasteiger partial charge in [-0.05, 0) is 24.7 Å². The molecule has 0 unspecified atom stereocenters. The predicted molar refractivity (Wildman–Crippen MR) is 49.3 cm³/mol. The van der Waals surface area contributed by atoms with Gasteiger partial charge in [0, 0.05) is 18.8 Å². The van der Waals surface area contributed by atoms with Crippen LogP contribution in [-0.4, -0.2) is 22.2 Å². The van der Waals surface area contributed by atoms with E-state index in [9.17, 15) is 9.59 Å². The molecule has 0 fully saturated rings. The zero-order valence-corrected chi connectivity index (χ0v) is 7.54. The maximum absolute atomic E-state index is 10.1. The number of carboxylic acids is 2. The first-order chi connectivity index (χ1) is 6.63. The highest BCUT2D eigenvalue weighted by Gasteiger charge is 1.93. The van der Waals surface area contributed by atoms with Crippen molar-refractivity contribution in [3.63, 3.8) is 0 Å². The Labute approximate surface area is 81.9 Å². The van der Waals surface area contributed by atoms with Crippen molar-refractivity contribution in [3.05, 3.63) is 0 Å². The molecule has 0 spiro atoms. The molecule has 0 aliphatic carbocycles. The molecule has 14 heavy (non-hydrogen) atoms. The molecule has 0 aliphatic heterocycles. The normalized spacial score (nSPS) is 7.71. The van der Waals surface area contributed by atoms with E-state index in [0.29, 0.717) is 19.3 Å². The highest BCUT2D eigenvalue weighted by Crippen LogP contribution is 1.97. The van der Waals surface area contributed by atoms with Gasteiger partial charge in [0.15, 0.2) is 0 Å². The fourth-order valence-corrected chi connectivity index (χ4v) is 0.681. The Morgan fingerprint density at radius 3 is 2.36 bits per heavy atom. The van der Waals surface area contributed by atoms with E-state index in [4.69, 9.17) is 10.2 Å². The number of unbranched alkanes of at least 4 members (excludes halogenated alkanes) is 2. The van der Waals surface area contributed by atoms with Crippen molar-refractivity contribution in [1.82, 2.24) is 0 Å². The lowest BCUT2D eigenvalue weighted by Gasteiger charge is -1.89. The topological polar surface area (TPSA) is 74.6 Å². The Hall–Kier alpha value is -1.94. The Morgan fingerprint density at radius 2 is 1.79 bits per heavy atom. The smallest absolute Gasteiger partial charge is 0.382 e. The van der Waals surface area contributed by atoms with Gasteiger partial charge in [-0.1, -0.05) is 5.92 Å². The molecule has 0 radical (unpaired) electrons. The maximum atomic E-state index is 10.1. The van der Waals surface area contributed by atoms with E-state index in [2.05, 4.69) is 17.8 Å². The van der Waals surface area contributed by atoms with E-state index in [1.54, 1.807) is 0 Å². The number of hydrogen-bond donors (Lipinski definition) is 2. The molecular formula is C10H10O4. The summed E-state index contributed by atoms with van der Waals surface area (Å²) in [5, 5.41) is 16.4. The lowest BCUT2D eigenvalue weighted by molar-refractivity contribution is -0.137. The van der Waals surface area contributed by atoms with Crippen LogP contribution in [0, 0.1) is 23.7 Å². The summed E-state index contributed by atoms with van der Waals surface area (Å²) < 4.78 is 0. The predicted octanol–water partition coefficient (Wildman–Crippen LogP) is 0.723. The molecule has 0 atom stereocenters. The van der Waals surface area contributed by atoms with Crippen LogP contribution in [0.5, 0.6) is 0 Å². The van der Waals surface area contributed by atoms with Crippen LogP contribution < -0.4 is 0 Å². The van der Waals surface area contributed by atoms with Gasteiger partial charge in [-0.15, -0.1) is 0 Å². The minimum atomic E-state index is -1.20. The summed E-state index contributed by atoms with van der Waals surface area (Å²) in [7, 11) is 0. The fraction of sp³-hybridized carbons (Fsp3) is 0.400. The quantitative estimate of drug-likeness (QED) is 0.511. The molecule has 0 aliphatic rings. The van der Waals surface area contributed by atoms with E-state index in [1.165, 1.54) is 0 Å². The van der Waals surface area contributed by atoms with Gasteiger partial charge in [-0.2, -0.15) is 0 Å². The first-order valence-corrected chi connectivity index (χ1v) is 4.06. The zero-order valence-electron chi connectivity index (χ0n) is 7.54. The summed E-state index contributed by atoms with van der Waals surface area (Å²) in [6.07, 6.45) is 1.95. The summed E-state index contributed by atoms with van der Waals surface area (Å²) in [5.74, 6) is 6.99. The van der Waals surface area contributed by atoms with Gasteiger partial charge < -0.3 is 10.2 Å². The Bertz CT molecular complexity index is 322. The number of hydrogen-bond acceptors (Lipinski definition) is 2. The van der Waals surface area contributed by atoms with Crippen LogP contribution >= 0.6 is 0 Å². The van der Waals surface area contributed by atoms with Gasteiger partial charge in [0.05, 0.1) is 0 Å². The third-order valence-electron chi connectivity index (χ3n) is 1.26. The average Bonchev–Trinajstić information content (AvgIpc) is 2.08. The highest BCUT2D eigenvalue weighted by atomic mass is 16.4. The molecule has 0 aromatic rings. The van der Waals surface area contributed by atoms with Crippen molar-refractivity contribution in [2.24, 2.45) is 0 Å². The molecular weight excluding hydrogens is 184 g/mol. The molecule has 0 bridgehead atoms. The Morgan fingerprint density at radius 1 is 1.07 bits per heavy atom. The van der Waals surface area contributed by atoms with E-state index >= 15 is 0 Å². The average molecular weight is 194 g/mol. The second-order valence-corrected chi connectivity index (χ2v) is 2.46.